The molecule has 0 aliphatic carbocycles. The van der Waals surface area contributed by atoms with Crippen LogP contribution in [0.5, 0.6) is 5.75 Å². The number of hydrogen-bond donors (Lipinski definition) is 1. The average Bonchev–Trinajstić information content (AvgIpc) is 2.32. The Hall–Kier alpha value is -1.51. The van der Waals surface area contributed by atoms with Crippen LogP contribution in [0.4, 0.5) is 0 Å². The Kier molecular flexibility index (Phi) is 5.20. The van der Waals surface area contributed by atoms with E-state index in [1.807, 2.05) is 19.1 Å². The highest BCUT2D eigenvalue weighted by atomic mass is 16.5. The summed E-state index contributed by atoms with van der Waals surface area (Å²) in [5, 5.41) is 9.69. The molecule has 0 saturated carbocycles. The molecule has 0 radical (unpaired) electrons. The molecule has 1 aromatic rings. The van der Waals surface area contributed by atoms with Gasteiger partial charge in [-0.05, 0) is 42.4 Å². The van der Waals surface area contributed by atoms with Crippen molar-refractivity contribution in [3.8, 4) is 5.75 Å². The Labute approximate surface area is 109 Å². The minimum Gasteiger partial charge on any atom is -0.508 e. The molecule has 3 heteroatoms. The van der Waals surface area contributed by atoms with Crippen molar-refractivity contribution in [3.63, 3.8) is 0 Å². The lowest BCUT2D eigenvalue weighted by molar-refractivity contribution is -0.142. The SMILES string of the molecule is COC(=O)CC(Cc1ccc(C)c(O)c1)C(C)C. The molecule has 1 aromatic carbocycles. The summed E-state index contributed by atoms with van der Waals surface area (Å²) in [6.07, 6.45) is 1.20. The van der Waals surface area contributed by atoms with Gasteiger partial charge < -0.3 is 9.84 Å². The maximum absolute atomic E-state index is 11.4. The lowest BCUT2D eigenvalue weighted by Gasteiger charge is -2.20. The van der Waals surface area contributed by atoms with Crippen LogP contribution in [0.1, 0.15) is 31.4 Å². The third kappa shape index (κ3) is 4.06. The lowest BCUT2D eigenvalue weighted by atomic mass is 9.86. The zero-order valence-corrected chi connectivity index (χ0v) is 11.6. The highest BCUT2D eigenvalue weighted by Crippen LogP contribution is 2.24. The fraction of sp³-hybridized carbons (Fsp3) is 0.533. The smallest absolute Gasteiger partial charge is 0.305 e. The van der Waals surface area contributed by atoms with Gasteiger partial charge in [-0.2, -0.15) is 0 Å². The van der Waals surface area contributed by atoms with Crippen LogP contribution in [0.15, 0.2) is 18.2 Å². The summed E-state index contributed by atoms with van der Waals surface area (Å²) in [6.45, 7) is 6.07. The van der Waals surface area contributed by atoms with Crippen LogP contribution in [0.2, 0.25) is 0 Å². The van der Waals surface area contributed by atoms with Crippen LogP contribution >= 0.6 is 0 Å². The number of esters is 1. The number of phenolic OH excluding ortho intramolecular Hbond substituents is 1. The van der Waals surface area contributed by atoms with E-state index in [2.05, 4.69) is 13.8 Å². The molecule has 0 bridgehead atoms. The van der Waals surface area contributed by atoms with E-state index in [0.29, 0.717) is 18.1 Å². The van der Waals surface area contributed by atoms with Gasteiger partial charge in [0.05, 0.1) is 7.11 Å². The van der Waals surface area contributed by atoms with E-state index in [-0.39, 0.29) is 11.9 Å². The fourth-order valence-electron chi connectivity index (χ4n) is 1.93. The molecule has 0 aliphatic rings. The van der Waals surface area contributed by atoms with Gasteiger partial charge in [-0.25, -0.2) is 0 Å². The third-order valence-corrected chi connectivity index (χ3v) is 3.37. The first-order valence-electron chi connectivity index (χ1n) is 6.29. The van der Waals surface area contributed by atoms with Crippen LogP contribution in [0, 0.1) is 18.8 Å². The van der Waals surface area contributed by atoms with Crippen LogP contribution in [0.3, 0.4) is 0 Å². The molecular weight excluding hydrogens is 228 g/mol. The number of hydrogen-bond acceptors (Lipinski definition) is 3. The molecule has 0 aromatic heterocycles. The molecule has 0 fully saturated rings. The topological polar surface area (TPSA) is 46.5 Å². The van der Waals surface area contributed by atoms with E-state index in [9.17, 15) is 9.90 Å². The molecule has 1 unspecified atom stereocenters. The maximum atomic E-state index is 11.4. The van der Waals surface area contributed by atoms with E-state index in [1.54, 1.807) is 6.07 Å². The van der Waals surface area contributed by atoms with Gasteiger partial charge in [-0.3, -0.25) is 4.79 Å². The number of carbonyl (C=O) groups is 1. The quantitative estimate of drug-likeness (QED) is 0.817. The van der Waals surface area contributed by atoms with Crippen molar-refractivity contribution < 1.29 is 14.6 Å². The zero-order chi connectivity index (χ0) is 13.7. The molecule has 0 amide bonds. The van der Waals surface area contributed by atoms with Crippen molar-refractivity contribution in [1.82, 2.24) is 0 Å². The maximum Gasteiger partial charge on any atom is 0.305 e. The van der Waals surface area contributed by atoms with Gasteiger partial charge in [0, 0.05) is 6.42 Å². The number of rotatable bonds is 5. The number of phenols is 1. The van der Waals surface area contributed by atoms with Crippen molar-refractivity contribution in [2.24, 2.45) is 11.8 Å². The summed E-state index contributed by atoms with van der Waals surface area (Å²) >= 11 is 0. The Balaban J connectivity index is 2.76. The van der Waals surface area contributed by atoms with Crippen molar-refractivity contribution in [1.29, 1.82) is 0 Å². The van der Waals surface area contributed by atoms with Gasteiger partial charge >= 0.3 is 5.97 Å². The summed E-state index contributed by atoms with van der Waals surface area (Å²) in [5.74, 6) is 0.769. The number of carbonyl (C=O) groups excluding carboxylic acids is 1. The van der Waals surface area contributed by atoms with E-state index in [0.717, 1.165) is 17.5 Å². The molecule has 0 saturated heterocycles. The zero-order valence-electron chi connectivity index (χ0n) is 11.6. The first-order chi connectivity index (χ1) is 8.43. The van der Waals surface area contributed by atoms with Crippen LogP contribution in [-0.4, -0.2) is 18.2 Å². The first-order valence-corrected chi connectivity index (χ1v) is 6.29. The number of benzene rings is 1. The molecule has 0 spiro atoms. The molecule has 1 atom stereocenters. The monoisotopic (exact) mass is 250 g/mol. The second-order valence-electron chi connectivity index (χ2n) is 5.11. The second kappa shape index (κ2) is 6.43. The Bertz CT molecular complexity index is 410. The number of aromatic hydroxyl groups is 1. The van der Waals surface area contributed by atoms with Crippen molar-refractivity contribution >= 4 is 5.97 Å². The van der Waals surface area contributed by atoms with Crippen molar-refractivity contribution in [2.75, 3.05) is 7.11 Å². The third-order valence-electron chi connectivity index (χ3n) is 3.37. The molecule has 100 valence electrons. The van der Waals surface area contributed by atoms with E-state index < -0.39 is 0 Å². The molecule has 18 heavy (non-hydrogen) atoms. The number of methoxy groups -OCH3 is 1. The van der Waals surface area contributed by atoms with Gasteiger partial charge in [-0.15, -0.1) is 0 Å². The van der Waals surface area contributed by atoms with Crippen LogP contribution < -0.4 is 0 Å². The summed E-state index contributed by atoms with van der Waals surface area (Å²) in [4.78, 5) is 11.4. The molecule has 0 aliphatic heterocycles. The van der Waals surface area contributed by atoms with Gasteiger partial charge in [-0.1, -0.05) is 26.0 Å². The molecule has 1 rings (SSSR count). The number of ether oxygens (including phenoxy) is 1. The van der Waals surface area contributed by atoms with Gasteiger partial charge in [0.2, 0.25) is 0 Å². The predicted molar refractivity (Wildman–Crippen MR) is 71.5 cm³/mol. The molecular formula is C15H22O3. The summed E-state index contributed by atoms with van der Waals surface area (Å²) in [7, 11) is 1.41. The standard InChI is InChI=1S/C15H22O3/c1-10(2)13(9-15(17)18-4)7-12-6-5-11(3)14(16)8-12/h5-6,8,10,13,16H,7,9H2,1-4H3. The Morgan fingerprint density at radius 2 is 2.06 bits per heavy atom. The predicted octanol–water partition coefficient (Wildman–Crippen LogP) is 3.08. The van der Waals surface area contributed by atoms with E-state index in [1.165, 1.54) is 7.11 Å². The van der Waals surface area contributed by atoms with E-state index >= 15 is 0 Å². The van der Waals surface area contributed by atoms with Crippen LogP contribution in [-0.2, 0) is 16.0 Å². The molecule has 1 N–H and O–H groups in total. The second-order valence-corrected chi connectivity index (χ2v) is 5.11. The van der Waals surface area contributed by atoms with Crippen LogP contribution in [0.25, 0.3) is 0 Å². The highest BCUT2D eigenvalue weighted by Gasteiger charge is 2.18. The average molecular weight is 250 g/mol. The number of aryl methyl sites for hydroxylation is 1. The largest absolute Gasteiger partial charge is 0.508 e. The first kappa shape index (κ1) is 14.6. The summed E-state index contributed by atoms with van der Waals surface area (Å²) in [5.41, 5.74) is 1.92. The summed E-state index contributed by atoms with van der Waals surface area (Å²) in [6, 6.07) is 5.68. The Morgan fingerprint density at radius 1 is 1.39 bits per heavy atom. The fourth-order valence-corrected chi connectivity index (χ4v) is 1.93. The van der Waals surface area contributed by atoms with Gasteiger partial charge in [0.15, 0.2) is 0 Å². The minimum absolute atomic E-state index is 0.176. The van der Waals surface area contributed by atoms with Gasteiger partial charge in [0.1, 0.15) is 5.75 Å². The molecule has 3 nitrogen and oxygen atoms in total. The Morgan fingerprint density at radius 3 is 2.56 bits per heavy atom. The highest BCUT2D eigenvalue weighted by molar-refractivity contribution is 5.69. The van der Waals surface area contributed by atoms with E-state index in [4.69, 9.17) is 4.74 Å². The minimum atomic E-state index is -0.176. The van der Waals surface area contributed by atoms with Crippen molar-refractivity contribution in [2.45, 2.75) is 33.6 Å². The summed E-state index contributed by atoms with van der Waals surface area (Å²) < 4.78 is 4.72. The normalized spacial score (nSPS) is 12.5. The lowest BCUT2D eigenvalue weighted by Crippen LogP contribution is -2.17. The van der Waals surface area contributed by atoms with Gasteiger partial charge in [0.25, 0.3) is 0 Å². The van der Waals surface area contributed by atoms with Crippen molar-refractivity contribution in [3.05, 3.63) is 29.3 Å². The molecule has 0 heterocycles.